The van der Waals surface area contributed by atoms with Gasteiger partial charge in [0.15, 0.2) is 0 Å². The Bertz CT molecular complexity index is 509. The van der Waals surface area contributed by atoms with Crippen LogP contribution in [0.3, 0.4) is 0 Å². The lowest BCUT2D eigenvalue weighted by Gasteiger charge is -2.26. The van der Waals surface area contributed by atoms with Crippen LogP contribution in [0.2, 0.25) is 0 Å². The first kappa shape index (κ1) is 17.0. The summed E-state index contributed by atoms with van der Waals surface area (Å²) >= 11 is 0. The highest BCUT2D eigenvalue weighted by atomic mass is 16.5. The van der Waals surface area contributed by atoms with Crippen LogP contribution in [0.1, 0.15) is 27.2 Å². The van der Waals surface area contributed by atoms with E-state index >= 15 is 0 Å². The molecule has 0 saturated carbocycles. The van der Waals surface area contributed by atoms with Crippen LogP contribution in [0.25, 0.3) is 0 Å². The predicted molar refractivity (Wildman–Crippen MR) is 81.2 cm³/mol. The minimum absolute atomic E-state index is 0.0515. The molecule has 0 saturated heterocycles. The highest BCUT2D eigenvalue weighted by Gasteiger charge is 2.21. The molecule has 1 aromatic rings. The lowest BCUT2D eigenvalue weighted by atomic mass is 10.2. The Hall–Kier alpha value is -2.08. The van der Waals surface area contributed by atoms with Gasteiger partial charge in [0.25, 0.3) is 5.91 Å². The fourth-order valence-corrected chi connectivity index (χ4v) is 1.68. The third-order valence-electron chi connectivity index (χ3n) is 2.71. The summed E-state index contributed by atoms with van der Waals surface area (Å²) in [5.41, 5.74) is 6.34. The molecule has 0 radical (unpaired) electrons. The zero-order valence-electron chi connectivity index (χ0n) is 12.6. The number of benzene rings is 1. The van der Waals surface area contributed by atoms with Crippen molar-refractivity contribution in [3.63, 3.8) is 0 Å². The number of para-hydroxylation sites is 2. The summed E-state index contributed by atoms with van der Waals surface area (Å²) in [4.78, 5) is 24.4. The van der Waals surface area contributed by atoms with Gasteiger partial charge in [-0.25, -0.2) is 0 Å². The highest BCUT2D eigenvalue weighted by Crippen LogP contribution is 2.23. The number of amides is 1. The van der Waals surface area contributed by atoms with E-state index in [9.17, 15) is 9.59 Å². The van der Waals surface area contributed by atoms with Gasteiger partial charge in [-0.2, -0.15) is 0 Å². The molecule has 0 aromatic heterocycles. The van der Waals surface area contributed by atoms with Gasteiger partial charge >= 0.3 is 5.97 Å². The zero-order valence-corrected chi connectivity index (χ0v) is 12.6. The fraction of sp³-hybridized carbons (Fsp3) is 0.467. The van der Waals surface area contributed by atoms with Crippen LogP contribution < -0.4 is 10.6 Å². The summed E-state index contributed by atoms with van der Waals surface area (Å²) in [5, 5.41) is 8.82. The second-order valence-corrected chi connectivity index (χ2v) is 5.65. The van der Waals surface area contributed by atoms with Gasteiger partial charge in [-0.15, -0.1) is 0 Å². The number of rotatable bonds is 6. The van der Waals surface area contributed by atoms with E-state index in [1.165, 1.54) is 4.90 Å². The Labute approximate surface area is 124 Å². The zero-order chi connectivity index (χ0) is 16.0. The third kappa shape index (κ3) is 5.83. The molecule has 0 atom stereocenters. The second-order valence-electron chi connectivity index (χ2n) is 5.65. The van der Waals surface area contributed by atoms with Crippen LogP contribution in [0.5, 0.6) is 0 Å². The van der Waals surface area contributed by atoms with Crippen LogP contribution in [0, 0.1) is 0 Å². The van der Waals surface area contributed by atoms with Crippen LogP contribution in [0.15, 0.2) is 24.3 Å². The number of nitrogens with two attached hydrogens (primary N) is 1. The average molecular weight is 294 g/mol. The van der Waals surface area contributed by atoms with E-state index in [-0.39, 0.29) is 25.5 Å². The molecule has 21 heavy (non-hydrogen) atoms. The monoisotopic (exact) mass is 294 g/mol. The van der Waals surface area contributed by atoms with Gasteiger partial charge in [0, 0.05) is 6.54 Å². The Morgan fingerprint density at radius 2 is 1.90 bits per heavy atom. The molecule has 1 aromatic carbocycles. The van der Waals surface area contributed by atoms with Crippen molar-refractivity contribution in [3.05, 3.63) is 24.3 Å². The lowest BCUT2D eigenvalue weighted by Crippen LogP contribution is -2.38. The maximum atomic E-state index is 12.3. The summed E-state index contributed by atoms with van der Waals surface area (Å²) in [6, 6.07) is 6.86. The summed E-state index contributed by atoms with van der Waals surface area (Å²) in [6.07, 6.45) is -0.157. The summed E-state index contributed by atoms with van der Waals surface area (Å²) in [5.74, 6) is -1.29. The maximum Gasteiger partial charge on any atom is 0.305 e. The van der Waals surface area contributed by atoms with Crippen molar-refractivity contribution in [3.8, 4) is 0 Å². The van der Waals surface area contributed by atoms with Crippen molar-refractivity contribution < 1.29 is 19.4 Å². The molecule has 1 rings (SSSR count). The standard InChI is InChI=1S/C15H22N2O4/c1-15(2,3)21-10-13(18)17(9-8-14(19)20)12-7-5-4-6-11(12)16/h4-7H,8-10,16H2,1-3H3,(H,19,20). The van der Waals surface area contributed by atoms with E-state index in [4.69, 9.17) is 15.6 Å². The molecular weight excluding hydrogens is 272 g/mol. The van der Waals surface area contributed by atoms with Gasteiger partial charge in [-0.3, -0.25) is 9.59 Å². The number of nitrogen functional groups attached to an aromatic ring is 1. The van der Waals surface area contributed by atoms with E-state index in [1.54, 1.807) is 24.3 Å². The maximum absolute atomic E-state index is 12.3. The average Bonchev–Trinajstić information content (AvgIpc) is 2.37. The second kappa shape index (κ2) is 7.08. The number of nitrogens with zero attached hydrogens (tertiary/aromatic N) is 1. The van der Waals surface area contributed by atoms with E-state index < -0.39 is 11.6 Å². The Morgan fingerprint density at radius 1 is 1.29 bits per heavy atom. The van der Waals surface area contributed by atoms with Gasteiger partial charge < -0.3 is 20.5 Å². The molecule has 0 unspecified atom stereocenters. The van der Waals surface area contributed by atoms with Crippen molar-refractivity contribution >= 4 is 23.3 Å². The topological polar surface area (TPSA) is 92.9 Å². The normalized spacial score (nSPS) is 11.2. The molecular formula is C15H22N2O4. The minimum atomic E-state index is -0.973. The van der Waals surface area contributed by atoms with Gasteiger partial charge in [-0.05, 0) is 32.9 Å². The number of hydrogen-bond donors (Lipinski definition) is 2. The fourth-order valence-electron chi connectivity index (χ4n) is 1.68. The largest absolute Gasteiger partial charge is 0.481 e. The summed E-state index contributed by atoms with van der Waals surface area (Å²) in [7, 11) is 0. The molecule has 0 aliphatic carbocycles. The predicted octanol–water partition coefficient (Wildman–Crippen LogP) is 1.89. The van der Waals surface area contributed by atoms with Crippen molar-refractivity contribution in [2.75, 3.05) is 23.8 Å². The number of carbonyl (C=O) groups is 2. The molecule has 0 heterocycles. The number of ether oxygens (including phenoxy) is 1. The Kier molecular flexibility index (Phi) is 5.72. The first-order valence-corrected chi connectivity index (χ1v) is 6.71. The van der Waals surface area contributed by atoms with Gasteiger partial charge in [0.2, 0.25) is 0 Å². The van der Waals surface area contributed by atoms with Crippen LogP contribution in [-0.2, 0) is 14.3 Å². The van der Waals surface area contributed by atoms with Crippen molar-refractivity contribution in [2.45, 2.75) is 32.8 Å². The SMILES string of the molecule is CC(C)(C)OCC(=O)N(CCC(=O)O)c1ccccc1N. The lowest BCUT2D eigenvalue weighted by molar-refractivity contribution is -0.136. The molecule has 0 spiro atoms. The number of carboxylic acids is 1. The Balaban J connectivity index is 2.89. The summed E-state index contributed by atoms with van der Waals surface area (Å²) < 4.78 is 5.46. The molecule has 116 valence electrons. The molecule has 0 fully saturated rings. The highest BCUT2D eigenvalue weighted by molar-refractivity contribution is 5.97. The van der Waals surface area contributed by atoms with Crippen molar-refractivity contribution in [2.24, 2.45) is 0 Å². The number of anilines is 2. The van der Waals surface area contributed by atoms with Crippen molar-refractivity contribution in [1.82, 2.24) is 0 Å². The van der Waals surface area contributed by atoms with E-state index in [1.807, 2.05) is 20.8 Å². The van der Waals surface area contributed by atoms with Gasteiger partial charge in [0.05, 0.1) is 23.4 Å². The molecule has 3 N–H and O–H groups in total. The minimum Gasteiger partial charge on any atom is -0.481 e. The number of hydrogen-bond acceptors (Lipinski definition) is 4. The van der Waals surface area contributed by atoms with E-state index in [0.717, 1.165) is 0 Å². The third-order valence-corrected chi connectivity index (χ3v) is 2.71. The molecule has 0 aliphatic heterocycles. The van der Waals surface area contributed by atoms with Gasteiger partial charge in [0.1, 0.15) is 6.61 Å². The van der Waals surface area contributed by atoms with Gasteiger partial charge in [-0.1, -0.05) is 12.1 Å². The van der Waals surface area contributed by atoms with Crippen LogP contribution in [0.4, 0.5) is 11.4 Å². The van der Waals surface area contributed by atoms with Crippen LogP contribution >= 0.6 is 0 Å². The summed E-state index contributed by atoms with van der Waals surface area (Å²) in [6.45, 7) is 5.46. The van der Waals surface area contributed by atoms with E-state index in [0.29, 0.717) is 11.4 Å². The smallest absolute Gasteiger partial charge is 0.305 e. The van der Waals surface area contributed by atoms with Crippen molar-refractivity contribution in [1.29, 1.82) is 0 Å². The molecule has 0 bridgehead atoms. The molecule has 1 amide bonds. The molecule has 6 heteroatoms. The first-order valence-electron chi connectivity index (χ1n) is 6.71. The van der Waals surface area contributed by atoms with Crippen LogP contribution in [-0.4, -0.2) is 35.7 Å². The van der Waals surface area contributed by atoms with E-state index in [2.05, 4.69) is 0 Å². The quantitative estimate of drug-likeness (QED) is 0.782. The number of aliphatic carboxylic acids is 1. The Morgan fingerprint density at radius 3 is 2.43 bits per heavy atom. The molecule has 0 aliphatic rings. The molecule has 6 nitrogen and oxygen atoms in total. The first-order chi connectivity index (χ1) is 9.70. The number of carbonyl (C=O) groups excluding carboxylic acids is 1. The number of carboxylic acid groups (broad SMARTS) is 1.